The highest BCUT2D eigenvalue weighted by Crippen LogP contribution is 2.32. The summed E-state index contributed by atoms with van der Waals surface area (Å²) in [4.78, 5) is 15.7. The van der Waals surface area contributed by atoms with Crippen LogP contribution in [0, 0.1) is 0 Å². The lowest BCUT2D eigenvalue weighted by atomic mass is 9.79. The first-order valence-electron chi connectivity index (χ1n) is 10.7. The second kappa shape index (κ2) is 7.90. The van der Waals surface area contributed by atoms with Crippen molar-refractivity contribution >= 4 is 16.8 Å². The number of piperidine rings is 1. The van der Waals surface area contributed by atoms with Crippen LogP contribution < -0.4 is 5.32 Å². The maximum atomic E-state index is 13.5. The third kappa shape index (κ3) is 4.60. The Labute approximate surface area is 170 Å². The van der Waals surface area contributed by atoms with Gasteiger partial charge in [0.15, 0.2) is 0 Å². The van der Waals surface area contributed by atoms with Crippen molar-refractivity contribution in [1.82, 2.24) is 14.8 Å². The summed E-state index contributed by atoms with van der Waals surface area (Å²) in [6, 6.07) is 8.66. The van der Waals surface area contributed by atoms with E-state index < -0.39 is 0 Å². The van der Waals surface area contributed by atoms with Gasteiger partial charge in [-0.25, -0.2) is 0 Å². The summed E-state index contributed by atoms with van der Waals surface area (Å²) in [6.07, 6.45) is 6.78. The molecular weight excluding hydrogens is 346 g/mol. The summed E-state index contributed by atoms with van der Waals surface area (Å²) >= 11 is 0. The first-order chi connectivity index (χ1) is 13.1. The number of hydrogen-bond acceptors (Lipinski definition) is 2. The third-order valence-electron chi connectivity index (χ3n) is 6.00. The molecule has 2 aromatic rings. The molecule has 0 radical (unpaired) electrons. The Kier molecular flexibility index (Phi) is 5.90. The molecule has 1 aliphatic heterocycles. The Balaban J connectivity index is 1.85. The van der Waals surface area contributed by atoms with Crippen molar-refractivity contribution < 1.29 is 4.79 Å². The van der Waals surface area contributed by atoms with Crippen LogP contribution >= 0.6 is 0 Å². The Morgan fingerprint density at radius 2 is 1.82 bits per heavy atom. The van der Waals surface area contributed by atoms with Crippen LogP contribution in [0.4, 0.5) is 0 Å². The van der Waals surface area contributed by atoms with Crippen LogP contribution in [-0.2, 0) is 18.3 Å². The number of hydrogen-bond donors (Lipinski definition) is 1. The lowest BCUT2D eigenvalue weighted by Gasteiger charge is -2.49. The van der Waals surface area contributed by atoms with E-state index in [9.17, 15) is 4.79 Å². The summed E-state index contributed by atoms with van der Waals surface area (Å²) in [5, 5.41) is 4.94. The molecule has 1 aliphatic rings. The molecule has 28 heavy (non-hydrogen) atoms. The monoisotopic (exact) mass is 383 g/mol. The topological polar surface area (TPSA) is 37.3 Å². The van der Waals surface area contributed by atoms with Gasteiger partial charge in [-0.05, 0) is 58.6 Å². The van der Waals surface area contributed by atoms with E-state index in [1.165, 1.54) is 10.9 Å². The fourth-order valence-electron chi connectivity index (χ4n) is 5.16. The van der Waals surface area contributed by atoms with Crippen molar-refractivity contribution in [2.24, 2.45) is 7.05 Å². The lowest BCUT2D eigenvalue weighted by Crippen LogP contribution is -2.63. The number of carbonyl (C=O) groups is 1. The Hall–Kier alpha value is -1.81. The van der Waals surface area contributed by atoms with E-state index in [2.05, 4.69) is 86.9 Å². The molecule has 1 aromatic heterocycles. The first-order valence-corrected chi connectivity index (χ1v) is 10.7. The lowest BCUT2D eigenvalue weighted by molar-refractivity contribution is -0.134. The molecule has 1 N–H and O–H groups in total. The van der Waals surface area contributed by atoms with Gasteiger partial charge in [0.2, 0.25) is 5.91 Å². The zero-order valence-electron chi connectivity index (χ0n) is 18.5. The van der Waals surface area contributed by atoms with Crippen LogP contribution in [0.3, 0.4) is 0 Å². The number of rotatable bonds is 6. The normalized spacial score (nSPS) is 19.1. The summed E-state index contributed by atoms with van der Waals surface area (Å²) in [5.41, 5.74) is 2.40. The van der Waals surface area contributed by atoms with Gasteiger partial charge in [-0.15, -0.1) is 0 Å². The van der Waals surface area contributed by atoms with Gasteiger partial charge in [0.05, 0.1) is 6.42 Å². The number of nitrogens with one attached hydrogen (secondary N) is 1. The number of aryl methyl sites for hydroxylation is 1. The molecule has 1 amide bonds. The highest BCUT2D eigenvalue weighted by atomic mass is 16.2. The molecule has 0 bridgehead atoms. The van der Waals surface area contributed by atoms with Crippen LogP contribution in [0.15, 0.2) is 30.5 Å². The van der Waals surface area contributed by atoms with Crippen molar-refractivity contribution in [3.05, 3.63) is 36.0 Å². The van der Waals surface area contributed by atoms with Crippen molar-refractivity contribution in [3.63, 3.8) is 0 Å². The number of nitrogens with zero attached hydrogens (tertiary/aromatic N) is 2. The van der Waals surface area contributed by atoms with Crippen molar-refractivity contribution in [1.29, 1.82) is 0 Å². The molecule has 1 aromatic carbocycles. The maximum Gasteiger partial charge on any atom is 0.227 e. The van der Waals surface area contributed by atoms with Crippen molar-refractivity contribution in [3.8, 4) is 0 Å². The first kappa shape index (κ1) is 20.9. The van der Waals surface area contributed by atoms with Gasteiger partial charge in [-0.3, -0.25) is 4.79 Å². The van der Waals surface area contributed by atoms with Gasteiger partial charge in [0.25, 0.3) is 0 Å². The standard InChI is InChI=1S/C24H37N3O/c1-7-8-13-27(19-15-23(2,3)25-24(4,5)16-19)22(28)14-18-17-26(6)21-12-10-9-11-20(18)21/h9-12,17,19,25H,7-8,13-16H2,1-6H3. The Morgan fingerprint density at radius 3 is 2.46 bits per heavy atom. The number of amides is 1. The van der Waals surface area contributed by atoms with E-state index in [-0.39, 0.29) is 17.0 Å². The van der Waals surface area contributed by atoms with Gasteiger partial charge in [-0.2, -0.15) is 0 Å². The molecule has 2 heterocycles. The van der Waals surface area contributed by atoms with Crippen LogP contribution in [-0.4, -0.2) is 39.0 Å². The SMILES string of the molecule is CCCCN(C(=O)Cc1cn(C)c2ccccc12)C1CC(C)(C)NC(C)(C)C1. The van der Waals surface area contributed by atoms with Crippen molar-refractivity contribution in [2.45, 2.75) is 83.8 Å². The summed E-state index contributed by atoms with van der Waals surface area (Å²) in [7, 11) is 2.06. The Bertz CT molecular complexity index is 817. The maximum absolute atomic E-state index is 13.5. The smallest absolute Gasteiger partial charge is 0.227 e. The average molecular weight is 384 g/mol. The van der Waals surface area contributed by atoms with Gasteiger partial charge in [-0.1, -0.05) is 31.5 Å². The van der Waals surface area contributed by atoms with Crippen molar-refractivity contribution in [2.75, 3.05) is 6.54 Å². The summed E-state index contributed by atoms with van der Waals surface area (Å²) < 4.78 is 2.13. The largest absolute Gasteiger partial charge is 0.350 e. The second-order valence-corrected chi connectivity index (χ2v) is 9.85. The molecule has 1 saturated heterocycles. The Morgan fingerprint density at radius 1 is 1.18 bits per heavy atom. The minimum Gasteiger partial charge on any atom is -0.350 e. The number of unbranched alkanes of at least 4 members (excludes halogenated alkanes) is 1. The molecule has 0 atom stereocenters. The van der Waals surface area contributed by atoms with E-state index in [4.69, 9.17) is 0 Å². The van der Waals surface area contributed by atoms with Gasteiger partial charge in [0.1, 0.15) is 0 Å². The van der Waals surface area contributed by atoms with Gasteiger partial charge >= 0.3 is 0 Å². The second-order valence-electron chi connectivity index (χ2n) is 9.85. The summed E-state index contributed by atoms with van der Waals surface area (Å²) in [6.45, 7) is 12.1. The van der Waals surface area contributed by atoms with Gasteiger partial charge < -0.3 is 14.8 Å². The van der Waals surface area contributed by atoms with Crippen LogP contribution in [0.25, 0.3) is 10.9 Å². The number of benzene rings is 1. The summed E-state index contributed by atoms with van der Waals surface area (Å²) in [5.74, 6) is 0.267. The van der Waals surface area contributed by atoms with E-state index in [0.29, 0.717) is 12.5 Å². The molecule has 4 nitrogen and oxygen atoms in total. The fraction of sp³-hybridized carbons (Fsp3) is 0.625. The van der Waals surface area contributed by atoms with E-state index in [0.717, 1.165) is 37.8 Å². The number of fused-ring (bicyclic) bond motifs is 1. The van der Waals surface area contributed by atoms with Crippen LogP contribution in [0.2, 0.25) is 0 Å². The molecule has 0 unspecified atom stereocenters. The molecule has 3 rings (SSSR count). The zero-order valence-corrected chi connectivity index (χ0v) is 18.5. The quantitative estimate of drug-likeness (QED) is 0.788. The fourth-order valence-corrected chi connectivity index (χ4v) is 5.16. The highest BCUT2D eigenvalue weighted by Gasteiger charge is 2.41. The average Bonchev–Trinajstić information content (AvgIpc) is 2.89. The third-order valence-corrected chi connectivity index (χ3v) is 6.00. The minimum absolute atomic E-state index is 0.0383. The molecule has 1 fully saturated rings. The number of aromatic nitrogens is 1. The predicted molar refractivity (Wildman–Crippen MR) is 118 cm³/mol. The van der Waals surface area contributed by atoms with Gasteiger partial charge in [0, 0.05) is 47.8 Å². The van der Waals surface area contributed by atoms with Crippen LogP contribution in [0.1, 0.15) is 65.9 Å². The minimum atomic E-state index is 0.0383. The molecular formula is C24H37N3O. The van der Waals surface area contributed by atoms with E-state index >= 15 is 0 Å². The number of carbonyl (C=O) groups excluding carboxylic acids is 1. The highest BCUT2D eigenvalue weighted by molar-refractivity contribution is 5.89. The molecule has 154 valence electrons. The zero-order chi connectivity index (χ0) is 20.5. The van der Waals surface area contributed by atoms with Crippen LogP contribution in [0.5, 0.6) is 0 Å². The number of para-hydroxylation sites is 1. The van der Waals surface area contributed by atoms with E-state index in [1.807, 2.05) is 0 Å². The molecule has 0 saturated carbocycles. The molecule has 0 aliphatic carbocycles. The molecule has 4 heteroatoms. The molecule has 0 spiro atoms. The predicted octanol–water partition coefficient (Wildman–Crippen LogP) is 4.66. The van der Waals surface area contributed by atoms with E-state index in [1.54, 1.807) is 0 Å².